The Hall–Kier alpha value is -0.633. The first-order chi connectivity index (χ1) is 4.61. The van der Waals surface area contributed by atoms with Gasteiger partial charge in [0, 0.05) is 0 Å². The monoisotopic (exact) mass is 154 g/mol. The lowest BCUT2D eigenvalue weighted by Crippen LogP contribution is -2.13. The van der Waals surface area contributed by atoms with Gasteiger partial charge in [-0.3, -0.25) is 0 Å². The molecule has 1 unspecified atom stereocenters. The van der Waals surface area contributed by atoms with Crippen molar-refractivity contribution in [3.05, 3.63) is 35.9 Å². The first-order valence-electron chi connectivity index (χ1n) is 3.35. The summed E-state index contributed by atoms with van der Waals surface area (Å²) in [5, 5.41) is -1.07. The molecule has 0 radical (unpaired) electrons. The smallest absolute Gasteiger partial charge is 0.111 e. The highest BCUT2D eigenvalue weighted by Gasteiger charge is 2.16. The molecule has 1 rings (SSSR count). The molecule has 0 nitrogen and oxygen atoms in total. The summed E-state index contributed by atoms with van der Waals surface area (Å²) >= 11 is 0. The van der Waals surface area contributed by atoms with Crippen LogP contribution >= 0.6 is 0 Å². The van der Waals surface area contributed by atoms with Crippen molar-refractivity contribution >= 4 is 10.2 Å². The van der Waals surface area contributed by atoms with Gasteiger partial charge in [-0.1, -0.05) is 30.3 Å². The highest BCUT2D eigenvalue weighted by atomic mass is 28.1. The summed E-state index contributed by atoms with van der Waals surface area (Å²) in [5.74, 6) is 0. The summed E-state index contributed by atoms with van der Waals surface area (Å²) in [6, 6.07) is 9.28. The number of rotatable bonds is 1. The number of hydrogen-bond acceptors (Lipinski definition) is 0. The number of halogens is 1. The Morgan fingerprint density at radius 3 is 2.10 bits per heavy atom. The van der Waals surface area contributed by atoms with Gasteiger partial charge < -0.3 is 0 Å². The van der Waals surface area contributed by atoms with Gasteiger partial charge in [0.2, 0.25) is 0 Å². The maximum absolute atomic E-state index is 13.2. The van der Waals surface area contributed by atoms with E-state index in [-0.39, 0.29) is 0 Å². The number of benzene rings is 1. The Morgan fingerprint density at radius 2 is 1.80 bits per heavy atom. The average Bonchev–Trinajstić information content (AvgIpc) is 1.88. The van der Waals surface area contributed by atoms with Gasteiger partial charge in [0.1, 0.15) is 5.29 Å². The fourth-order valence-electron chi connectivity index (χ4n) is 0.834. The Balaban J connectivity index is 2.97. The maximum atomic E-state index is 13.2. The maximum Gasteiger partial charge on any atom is 0.111 e. The lowest BCUT2D eigenvalue weighted by atomic mass is 10.1. The predicted octanol–water partition coefficient (Wildman–Crippen LogP) is 1.19. The Bertz CT molecular complexity index is 200. The zero-order valence-electron chi connectivity index (χ0n) is 6.26. The third-order valence-electron chi connectivity index (χ3n) is 1.46. The SMILES string of the molecule is CC(F)([SiH3])c1ccccc1. The van der Waals surface area contributed by atoms with E-state index in [9.17, 15) is 4.39 Å². The van der Waals surface area contributed by atoms with E-state index in [0.29, 0.717) is 10.2 Å². The van der Waals surface area contributed by atoms with E-state index in [4.69, 9.17) is 0 Å². The molecule has 0 fully saturated rings. The summed E-state index contributed by atoms with van der Waals surface area (Å²) in [7, 11) is 0.549. The van der Waals surface area contributed by atoms with Crippen molar-refractivity contribution in [1.82, 2.24) is 0 Å². The topological polar surface area (TPSA) is 0 Å². The molecule has 10 heavy (non-hydrogen) atoms. The van der Waals surface area contributed by atoms with Crippen molar-refractivity contribution in [3.63, 3.8) is 0 Å². The van der Waals surface area contributed by atoms with Crippen LogP contribution in [0.5, 0.6) is 0 Å². The van der Waals surface area contributed by atoms with Crippen LogP contribution < -0.4 is 0 Å². The van der Waals surface area contributed by atoms with E-state index in [0.717, 1.165) is 5.56 Å². The van der Waals surface area contributed by atoms with Crippen LogP contribution in [0.2, 0.25) is 0 Å². The largest absolute Gasteiger partial charge is 0.244 e. The highest BCUT2D eigenvalue weighted by molar-refractivity contribution is 6.14. The second-order valence-corrected chi connectivity index (χ2v) is 4.72. The van der Waals surface area contributed by atoms with E-state index in [2.05, 4.69) is 0 Å². The molecule has 0 aliphatic carbocycles. The summed E-state index contributed by atoms with van der Waals surface area (Å²) < 4.78 is 13.2. The molecule has 54 valence electrons. The molecule has 1 aromatic rings. The van der Waals surface area contributed by atoms with Crippen molar-refractivity contribution in [2.45, 2.75) is 12.2 Å². The van der Waals surface area contributed by atoms with E-state index in [1.54, 1.807) is 6.92 Å². The second kappa shape index (κ2) is 2.54. The summed E-state index contributed by atoms with van der Waals surface area (Å²) in [6.07, 6.45) is 0. The van der Waals surface area contributed by atoms with Gasteiger partial charge in [-0.05, 0) is 12.5 Å². The molecule has 0 amide bonds. The minimum absolute atomic E-state index is 0.549. The summed E-state index contributed by atoms with van der Waals surface area (Å²) in [5.41, 5.74) is 0.793. The molecule has 0 aliphatic rings. The third-order valence-corrected chi connectivity index (χ3v) is 2.04. The second-order valence-electron chi connectivity index (χ2n) is 2.84. The fraction of sp³-hybridized carbons (Fsp3) is 0.250. The molecule has 1 atom stereocenters. The van der Waals surface area contributed by atoms with Crippen LogP contribution in [0.25, 0.3) is 0 Å². The molecular weight excluding hydrogens is 143 g/mol. The standard InChI is InChI=1S/C8H11FSi/c1-8(9,10)7-5-3-2-4-6-7/h2-6H,1,10H3. The minimum atomic E-state index is -1.07. The molecule has 1 aromatic carbocycles. The van der Waals surface area contributed by atoms with Crippen molar-refractivity contribution in [3.8, 4) is 0 Å². The molecule has 0 N–H and O–H groups in total. The van der Waals surface area contributed by atoms with Crippen LogP contribution in [-0.4, -0.2) is 10.2 Å². The molecular formula is C8H11FSi. The van der Waals surface area contributed by atoms with Gasteiger partial charge in [0.15, 0.2) is 0 Å². The lowest BCUT2D eigenvalue weighted by Gasteiger charge is -2.13. The molecule has 0 heterocycles. The summed E-state index contributed by atoms with van der Waals surface area (Å²) in [4.78, 5) is 0. The first-order valence-corrected chi connectivity index (χ1v) is 4.35. The zero-order valence-corrected chi connectivity index (χ0v) is 8.26. The van der Waals surface area contributed by atoms with Crippen molar-refractivity contribution in [2.24, 2.45) is 0 Å². The molecule has 0 aliphatic heterocycles. The van der Waals surface area contributed by atoms with Crippen LogP contribution in [0.3, 0.4) is 0 Å². The molecule has 2 heteroatoms. The normalized spacial score (nSPS) is 16.6. The third kappa shape index (κ3) is 1.67. The summed E-state index contributed by atoms with van der Waals surface area (Å²) in [6.45, 7) is 1.62. The highest BCUT2D eigenvalue weighted by Crippen LogP contribution is 2.19. The van der Waals surface area contributed by atoms with Crippen LogP contribution in [-0.2, 0) is 5.29 Å². The molecule has 0 saturated heterocycles. The van der Waals surface area contributed by atoms with Crippen molar-refractivity contribution < 1.29 is 4.39 Å². The Morgan fingerprint density at radius 1 is 1.30 bits per heavy atom. The molecule has 0 spiro atoms. The van der Waals surface area contributed by atoms with Crippen molar-refractivity contribution in [1.29, 1.82) is 0 Å². The Kier molecular flexibility index (Phi) is 1.90. The van der Waals surface area contributed by atoms with E-state index in [1.807, 2.05) is 30.3 Å². The minimum Gasteiger partial charge on any atom is -0.244 e. The van der Waals surface area contributed by atoms with E-state index >= 15 is 0 Å². The zero-order chi connectivity index (χ0) is 7.61. The number of alkyl halides is 1. The lowest BCUT2D eigenvalue weighted by molar-refractivity contribution is 0.313. The predicted molar refractivity (Wildman–Crippen MR) is 44.8 cm³/mol. The molecule has 0 bridgehead atoms. The van der Waals surface area contributed by atoms with Crippen LogP contribution in [0.1, 0.15) is 12.5 Å². The van der Waals surface area contributed by atoms with Gasteiger partial charge >= 0.3 is 0 Å². The van der Waals surface area contributed by atoms with E-state index in [1.165, 1.54) is 0 Å². The van der Waals surface area contributed by atoms with Crippen LogP contribution in [0.4, 0.5) is 4.39 Å². The Labute approximate surface area is 63.5 Å². The van der Waals surface area contributed by atoms with E-state index < -0.39 is 5.29 Å². The van der Waals surface area contributed by atoms with Crippen LogP contribution in [0.15, 0.2) is 30.3 Å². The van der Waals surface area contributed by atoms with Crippen molar-refractivity contribution in [2.75, 3.05) is 0 Å². The van der Waals surface area contributed by atoms with Gasteiger partial charge in [-0.25, -0.2) is 4.39 Å². The van der Waals surface area contributed by atoms with Gasteiger partial charge in [-0.2, -0.15) is 0 Å². The molecule has 0 aromatic heterocycles. The van der Waals surface area contributed by atoms with Gasteiger partial charge in [0.05, 0.1) is 10.2 Å². The quantitative estimate of drug-likeness (QED) is 0.533. The molecule has 0 saturated carbocycles. The first kappa shape index (κ1) is 7.47. The average molecular weight is 154 g/mol. The van der Waals surface area contributed by atoms with Gasteiger partial charge in [-0.15, -0.1) is 0 Å². The van der Waals surface area contributed by atoms with Crippen LogP contribution in [0, 0.1) is 0 Å². The number of hydrogen-bond donors (Lipinski definition) is 0. The fourth-order valence-corrected chi connectivity index (χ4v) is 1.17. The van der Waals surface area contributed by atoms with Gasteiger partial charge in [0.25, 0.3) is 0 Å².